The molecular weight excluding hydrogens is 344 g/mol. The number of benzene rings is 1. The molecule has 3 heterocycles. The van der Waals surface area contributed by atoms with E-state index in [9.17, 15) is 18.4 Å². The van der Waals surface area contributed by atoms with Gasteiger partial charge in [-0.15, -0.1) is 0 Å². The van der Waals surface area contributed by atoms with Crippen molar-refractivity contribution in [1.29, 1.82) is 0 Å². The number of halogens is 2. The Balaban J connectivity index is 0.000000373. The maximum Gasteiger partial charge on any atom is 0.330 e. The summed E-state index contributed by atoms with van der Waals surface area (Å²) in [7, 11) is 0. The number of anilines is 1. The lowest BCUT2D eigenvalue weighted by atomic mass is 10.1. The molecule has 1 aromatic heterocycles. The smallest absolute Gasteiger partial charge is 0.330 e. The Morgan fingerprint density at radius 2 is 1.85 bits per heavy atom. The van der Waals surface area contributed by atoms with Crippen molar-refractivity contribution in [3.8, 4) is 0 Å². The Kier molecular flexibility index (Phi) is 5.82. The van der Waals surface area contributed by atoms with Gasteiger partial charge in [0.05, 0.1) is 5.56 Å². The van der Waals surface area contributed by atoms with Crippen molar-refractivity contribution in [3.63, 3.8) is 0 Å². The standard InChI is InChI=1S/C12H16FN3O3.C6H5F.2H2/c13-7-5-9-10(14-6-7)15-12(18)16(11(9)17)8-1-3-19-4-2-8;7-6-4-2-1-3-5-6;;/h7-8,14H,1-6H2,(H,15,18);1-5H;2*1H/t7-;;;/m1.../s1. The summed E-state index contributed by atoms with van der Waals surface area (Å²) in [6, 6.07) is 7.78. The summed E-state index contributed by atoms with van der Waals surface area (Å²) in [6.45, 7) is 1.21. The van der Waals surface area contributed by atoms with E-state index in [-0.39, 0.29) is 33.2 Å². The first-order chi connectivity index (χ1) is 12.6. The van der Waals surface area contributed by atoms with Crippen molar-refractivity contribution in [2.24, 2.45) is 0 Å². The van der Waals surface area contributed by atoms with Gasteiger partial charge in [-0.3, -0.25) is 14.3 Å². The van der Waals surface area contributed by atoms with E-state index in [1.807, 2.05) is 0 Å². The highest BCUT2D eigenvalue weighted by Gasteiger charge is 2.26. The fourth-order valence-corrected chi connectivity index (χ4v) is 3.12. The molecule has 6 nitrogen and oxygen atoms in total. The highest BCUT2D eigenvalue weighted by Crippen LogP contribution is 2.20. The van der Waals surface area contributed by atoms with Crippen molar-refractivity contribution in [1.82, 2.24) is 9.55 Å². The Labute approximate surface area is 151 Å². The predicted molar refractivity (Wildman–Crippen MR) is 98.1 cm³/mol. The molecule has 1 aromatic carbocycles. The third kappa shape index (κ3) is 4.19. The van der Waals surface area contributed by atoms with Gasteiger partial charge in [-0.2, -0.15) is 0 Å². The first-order valence-corrected chi connectivity index (χ1v) is 8.60. The number of fused-ring (bicyclic) bond motifs is 1. The minimum Gasteiger partial charge on any atom is -0.381 e. The molecule has 0 radical (unpaired) electrons. The number of alkyl halides is 1. The molecule has 8 heteroatoms. The normalized spacial score (nSPS) is 19.7. The van der Waals surface area contributed by atoms with E-state index in [0.29, 0.717) is 37.4 Å². The van der Waals surface area contributed by atoms with Gasteiger partial charge in [0.1, 0.15) is 17.8 Å². The summed E-state index contributed by atoms with van der Waals surface area (Å²) in [5, 5.41) is 2.76. The molecule has 2 N–H and O–H groups in total. The van der Waals surface area contributed by atoms with Crippen LogP contribution in [-0.4, -0.2) is 35.5 Å². The zero-order chi connectivity index (χ0) is 18.5. The zero-order valence-electron chi connectivity index (χ0n) is 14.2. The average Bonchev–Trinajstić information content (AvgIpc) is 2.65. The van der Waals surface area contributed by atoms with Crippen LogP contribution in [0.15, 0.2) is 39.9 Å². The van der Waals surface area contributed by atoms with Crippen LogP contribution in [0.3, 0.4) is 0 Å². The molecule has 4 rings (SSSR count). The second-order valence-corrected chi connectivity index (χ2v) is 6.28. The van der Waals surface area contributed by atoms with Gasteiger partial charge in [-0.1, -0.05) is 18.2 Å². The molecule has 1 saturated heterocycles. The number of aromatic nitrogens is 2. The number of rotatable bonds is 1. The molecule has 2 aliphatic rings. The minimum absolute atomic E-state index is 0. The van der Waals surface area contributed by atoms with Crippen molar-refractivity contribution in [3.05, 3.63) is 62.6 Å². The fourth-order valence-electron chi connectivity index (χ4n) is 3.12. The van der Waals surface area contributed by atoms with E-state index in [2.05, 4.69) is 10.3 Å². The van der Waals surface area contributed by atoms with E-state index in [1.54, 1.807) is 18.2 Å². The Bertz CT molecular complexity index is 855. The van der Waals surface area contributed by atoms with Crippen LogP contribution in [0, 0.1) is 5.82 Å². The third-order valence-corrected chi connectivity index (χ3v) is 4.44. The van der Waals surface area contributed by atoms with E-state index in [0.717, 1.165) is 0 Å². The van der Waals surface area contributed by atoms with Crippen LogP contribution in [0.1, 0.15) is 27.3 Å². The molecule has 0 spiro atoms. The molecule has 0 aliphatic carbocycles. The second-order valence-electron chi connectivity index (χ2n) is 6.28. The van der Waals surface area contributed by atoms with Crippen LogP contribution in [-0.2, 0) is 11.2 Å². The summed E-state index contributed by atoms with van der Waals surface area (Å²) < 4.78 is 31.8. The lowest BCUT2D eigenvalue weighted by Gasteiger charge is -2.26. The largest absolute Gasteiger partial charge is 0.381 e. The van der Waals surface area contributed by atoms with Gasteiger partial charge in [0.25, 0.3) is 5.56 Å². The predicted octanol–water partition coefficient (Wildman–Crippen LogP) is 2.51. The molecule has 2 aliphatic heterocycles. The van der Waals surface area contributed by atoms with Gasteiger partial charge in [0, 0.05) is 35.1 Å². The number of nitrogens with zero attached hydrogens (tertiary/aromatic N) is 1. The zero-order valence-corrected chi connectivity index (χ0v) is 14.2. The summed E-state index contributed by atoms with van der Waals surface area (Å²) in [6.07, 6.45) is 0.234. The Morgan fingerprint density at radius 3 is 2.46 bits per heavy atom. The van der Waals surface area contributed by atoms with E-state index in [1.165, 1.54) is 16.7 Å². The highest BCUT2D eigenvalue weighted by atomic mass is 19.1. The van der Waals surface area contributed by atoms with Crippen LogP contribution >= 0.6 is 0 Å². The summed E-state index contributed by atoms with van der Waals surface area (Å²) in [5.41, 5.74) is -0.467. The monoisotopic (exact) mass is 369 g/mol. The number of nitrogens with one attached hydrogen (secondary N) is 2. The van der Waals surface area contributed by atoms with Gasteiger partial charge in [-0.25, -0.2) is 13.6 Å². The second kappa shape index (κ2) is 8.27. The lowest BCUT2D eigenvalue weighted by molar-refractivity contribution is 0.0673. The molecule has 26 heavy (non-hydrogen) atoms. The van der Waals surface area contributed by atoms with Crippen molar-refractivity contribution in [2.75, 3.05) is 25.1 Å². The Morgan fingerprint density at radius 1 is 1.15 bits per heavy atom. The number of aromatic amines is 1. The molecule has 1 fully saturated rings. The summed E-state index contributed by atoms with van der Waals surface area (Å²) in [5.74, 6) is 0.190. The SMILES string of the molecule is Fc1ccccc1.O=c1[nH]c2c(c(=O)n1C1CCOCC1)C[C@@H](F)CN2.[HH].[HH]. The number of hydrogen-bond acceptors (Lipinski definition) is 4. The van der Waals surface area contributed by atoms with E-state index < -0.39 is 11.9 Å². The van der Waals surface area contributed by atoms with Crippen LogP contribution in [0.25, 0.3) is 0 Å². The number of ether oxygens (including phenoxy) is 1. The van der Waals surface area contributed by atoms with Crippen LogP contribution in [0.5, 0.6) is 0 Å². The molecule has 2 aromatic rings. The molecule has 144 valence electrons. The first kappa shape index (κ1) is 18.3. The van der Waals surface area contributed by atoms with Crippen molar-refractivity contribution < 1.29 is 16.4 Å². The minimum atomic E-state index is -1.09. The van der Waals surface area contributed by atoms with Gasteiger partial charge < -0.3 is 10.1 Å². The first-order valence-electron chi connectivity index (χ1n) is 8.60. The van der Waals surface area contributed by atoms with Gasteiger partial charge >= 0.3 is 5.69 Å². The van der Waals surface area contributed by atoms with Crippen LogP contribution in [0.2, 0.25) is 0 Å². The Hall–Kier alpha value is -2.48. The lowest BCUT2D eigenvalue weighted by Crippen LogP contribution is -2.44. The van der Waals surface area contributed by atoms with Gasteiger partial charge in [-0.05, 0) is 25.0 Å². The van der Waals surface area contributed by atoms with Gasteiger partial charge in [0.15, 0.2) is 0 Å². The maximum atomic E-state index is 13.4. The van der Waals surface area contributed by atoms with Crippen molar-refractivity contribution in [2.45, 2.75) is 31.5 Å². The highest BCUT2D eigenvalue weighted by molar-refractivity contribution is 5.45. The molecule has 0 bridgehead atoms. The van der Waals surface area contributed by atoms with Crippen LogP contribution < -0.4 is 16.6 Å². The topological polar surface area (TPSA) is 76.1 Å². The molecule has 1 atom stereocenters. The van der Waals surface area contributed by atoms with Crippen LogP contribution in [0.4, 0.5) is 14.6 Å². The maximum absolute atomic E-state index is 13.4. The van der Waals surface area contributed by atoms with Crippen molar-refractivity contribution >= 4 is 5.82 Å². The fraction of sp³-hybridized carbons (Fsp3) is 0.444. The molecule has 0 unspecified atom stereocenters. The number of H-pyrrole nitrogens is 1. The van der Waals surface area contributed by atoms with E-state index >= 15 is 0 Å². The summed E-state index contributed by atoms with van der Waals surface area (Å²) in [4.78, 5) is 27.0. The molecular formula is C18H25F2N3O3. The average molecular weight is 369 g/mol. The third-order valence-electron chi connectivity index (χ3n) is 4.44. The van der Waals surface area contributed by atoms with Gasteiger partial charge in [0.2, 0.25) is 0 Å². The quantitative estimate of drug-likeness (QED) is 0.810. The summed E-state index contributed by atoms with van der Waals surface area (Å²) >= 11 is 0. The molecule has 0 saturated carbocycles. The van der Waals surface area contributed by atoms with E-state index in [4.69, 9.17) is 4.74 Å². The number of hydrogen-bond donors (Lipinski definition) is 2. The molecule has 0 amide bonds.